The summed E-state index contributed by atoms with van der Waals surface area (Å²) in [5.41, 5.74) is 17.3. The lowest BCUT2D eigenvalue weighted by atomic mass is 9.81. The second-order valence-electron chi connectivity index (χ2n) is 23.7. The van der Waals surface area contributed by atoms with Crippen LogP contribution in [0.25, 0.3) is 186 Å². The summed E-state index contributed by atoms with van der Waals surface area (Å²) in [5.74, 6) is 0. The highest BCUT2D eigenvalue weighted by atomic mass is 14.3. The van der Waals surface area contributed by atoms with Crippen molar-refractivity contribution in [1.82, 2.24) is 0 Å². The Labute approximate surface area is 510 Å². The quantitative estimate of drug-likeness (QED) is 0.110. The monoisotopic (exact) mass is 1110 g/mol. The molecule has 0 aliphatic heterocycles. The van der Waals surface area contributed by atoms with Crippen molar-refractivity contribution in [3.05, 3.63) is 328 Å². The van der Waals surface area contributed by atoms with E-state index < -0.39 is 0 Å². The molecule has 18 aromatic carbocycles. The Morgan fingerprint density at radius 1 is 0.125 bits per heavy atom. The van der Waals surface area contributed by atoms with Crippen LogP contribution in [0, 0.1) is 0 Å². The Kier molecular flexibility index (Phi) is 11.4. The van der Waals surface area contributed by atoms with Gasteiger partial charge in [-0.15, -0.1) is 0 Å². The molecule has 0 aliphatic rings. The van der Waals surface area contributed by atoms with Crippen LogP contribution in [0.2, 0.25) is 0 Å². The molecule has 0 bridgehead atoms. The van der Waals surface area contributed by atoms with Gasteiger partial charge in [0.15, 0.2) is 0 Å². The zero-order valence-electron chi connectivity index (χ0n) is 48.2. The van der Waals surface area contributed by atoms with Crippen molar-refractivity contribution < 1.29 is 0 Å². The maximum Gasteiger partial charge on any atom is -0.00139 e. The van der Waals surface area contributed by atoms with E-state index in [-0.39, 0.29) is 0 Å². The third-order valence-electron chi connectivity index (χ3n) is 19.0. The minimum absolute atomic E-state index is 1.18. The number of hydrogen-bond donors (Lipinski definition) is 0. The van der Waals surface area contributed by atoms with Gasteiger partial charge in [0, 0.05) is 0 Å². The van der Waals surface area contributed by atoms with E-state index in [1.165, 1.54) is 186 Å². The van der Waals surface area contributed by atoms with Crippen molar-refractivity contribution in [2.75, 3.05) is 0 Å². The molecule has 0 spiro atoms. The second kappa shape index (κ2) is 20.1. The molecule has 18 rings (SSSR count). The Balaban J connectivity index is 0.794. The predicted molar refractivity (Wildman–Crippen MR) is 380 cm³/mol. The largest absolute Gasteiger partial charge is 0.0622 e. The fourth-order valence-electron chi connectivity index (χ4n) is 15.1. The van der Waals surface area contributed by atoms with Crippen LogP contribution in [-0.4, -0.2) is 0 Å². The van der Waals surface area contributed by atoms with Crippen LogP contribution in [0.3, 0.4) is 0 Å². The maximum absolute atomic E-state index is 2.45. The summed E-state index contributed by atoms with van der Waals surface area (Å²) in [5, 5.41) is 24.9. The van der Waals surface area contributed by atoms with Crippen LogP contribution in [0.5, 0.6) is 0 Å². The Bertz CT molecular complexity index is 5780. The van der Waals surface area contributed by atoms with E-state index >= 15 is 0 Å². The lowest BCUT2D eigenvalue weighted by molar-refractivity contribution is 1.63. The third kappa shape index (κ3) is 7.79. The van der Waals surface area contributed by atoms with Crippen molar-refractivity contribution in [3.8, 4) is 77.9 Å². The first kappa shape index (κ1) is 49.9. The normalized spacial score (nSPS) is 11.9. The van der Waals surface area contributed by atoms with Gasteiger partial charge in [0.1, 0.15) is 0 Å². The van der Waals surface area contributed by atoms with E-state index in [1.54, 1.807) is 0 Å². The van der Waals surface area contributed by atoms with E-state index in [2.05, 4.69) is 328 Å². The minimum atomic E-state index is 1.18. The molecule has 0 heteroatoms. The van der Waals surface area contributed by atoms with Gasteiger partial charge in [-0.2, -0.15) is 0 Å². The predicted octanol–water partition coefficient (Wildman–Crippen LogP) is 24.9. The minimum Gasteiger partial charge on any atom is -0.0622 e. The fraction of sp³-hybridized carbons (Fsp3) is 0. The van der Waals surface area contributed by atoms with Gasteiger partial charge < -0.3 is 0 Å². The molecule has 0 saturated carbocycles. The molecule has 0 amide bonds. The molecule has 0 aliphatic carbocycles. The summed E-state index contributed by atoms with van der Waals surface area (Å²) in [4.78, 5) is 0. The van der Waals surface area contributed by atoms with E-state index in [1.807, 2.05) is 0 Å². The van der Waals surface area contributed by atoms with Gasteiger partial charge in [0.2, 0.25) is 0 Å². The van der Waals surface area contributed by atoms with Gasteiger partial charge in [-0.25, -0.2) is 0 Å². The zero-order chi connectivity index (χ0) is 57.8. The lowest BCUT2D eigenvalue weighted by Gasteiger charge is -2.21. The summed E-state index contributed by atoms with van der Waals surface area (Å²) in [6.07, 6.45) is 0. The van der Waals surface area contributed by atoms with Crippen molar-refractivity contribution in [1.29, 1.82) is 0 Å². The standard InChI is InChI=1S/C88H54/c1-3-21-59(22-4-1)82-74-31-14-17-34-77(74)87(78-35-18-15-32-75(78)82)67-36-19-37-68-66(67)50-51-79-83(73-30-13-16-33-76(73)86(88(68)79)60-23-5-2-6-24-60)61-45-38-56(39-46-61)63-47-43-57-41-42-58-44-49-65(54-81(58)80(57)53-63)85-71-28-11-9-26-69(71)84(70-27-10-12-29-72(70)85)64-48-40-55-20-7-8-25-62(55)52-64/h1-54H. The average Bonchev–Trinajstić information content (AvgIpc) is 1.47. The molecule has 0 N–H and O–H groups in total. The molecule has 0 unspecified atom stereocenters. The topological polar surface area (TPSA) is 0 Å². The van der Waals surface area contributed by atoms with Crippen LogP contribution in [0.1, 0.15) is 0 Å². The molecule has 0 nitrogen and oxygen atoms in total. The first-order chi connectivity index (χ1) is 43.7. The molecular formula is C88H54. The summed E-state index contributed by atoms with van der Waals surface area (Å²) >= 11 is 0. The van der Waals surface area contributed by atoms with Crippen LogP contribution < -0.4 is 0 Å². The van der Waals surface area contributed by atoms with Gasteiger partial charge in [-0.1, -0.05) is 309 Å². The molecule has 0 heterocycles. The Hall–Kier alpha value is -11.4. The smallest absolute Gasteiger partial charge is 0.00139 e. The van der Waals surface area contributed by atoms with Crippen molar-refractivity contribution in [2.24, 2.45) is 0 Å². The molecular weight excluding hydrogens is 1060 g/mol. The number of rotatable bonds is 7. The van der Waals surface area contributed by atoms with E-state index in [0.29, 0.717) is 0 Å². The molecule has 18 aromatic rings. The fourth-order valence-corrected chi connectivity index (χ4v) is 15.1. The zero-order valence-corrected chi connectivity index (χ0v) is 48.2. The van der Waals surface area contributed by atoms with E-state index in [9.17, 15) is 0 Å². The highest BCUT2D eigenvalue weighted by Gasteiger charge is 2.24. The van der Waals surface area contributed by atoms with Gasteiger partial charge in [0.25, 0.3) is 0 Å². The molecule has 0 radical (unpaired) electrons. The van der Waals surface area contributed by atoms with Gasteiger partial charge in [-0.05, 0) is 204 Å². The van der Waals surface area contributed by atoms with Gasteiger partial charge in [-0.3, -0.25) is 0 Å². The van der Waals surface area contributed by atoms with Crippen molar-refractivity contribution in [2.45, 2.75) is 0 Å². The second-order valence-corrected chi connectivity index (χ2v) is 23.7. The lowest BCUT2D eigenvalue weighted by Crippen LogP contribution is -1.94. The molecule has 406 valence electrons. The highest BCUT2D eigenvalue weighted by molar-refractivity contribution is 6.31. The van der Waals surface area contributed by atoms with Crippen molar-refractivity contribution in [3.63, 3.8) is 0 Å². The Morgan fingerprint density at radius 3 is 0.989 bits per heavy atom. The first-order valence-corrected chi connectivity index (χ1v) is 30.6. The van der Waals surface area contributed by atoms with E-state index in [4.69, 9.17) is 0 Å². The van der Waals surface area contributed by atoms with Crippen molar-refractivity contribution >= 4 is 108 Å². The molecule has 88 heavy (non-hydrogen) atoms. The van der Waals surface area contributed by atoms with Crippen LogP contribution >= 0.6 is 0 Å². The molecule has 0 saturated heterocycles. The molecule has 0 fully saturated rings. The van der Waals surface area contributed by atoms with Crippen LogP contribution in [-0.2, 0) is 0 Å². The van der Waals surface area contributed by atoms with Gasteiger partial charge in [0.05, 0.1) is 0 Å². The summed E-state index contributed by atoms with van der Waals surface area (Å²) in [6.45, 7) is 0. The van der Waals surface area contributed by atoms with Crippen LogP contribution in [0.15, 0.2) is 328 Å². The highest BCUT2D eigenvalue weighted by Crippen LogP contribution is 2.51. The first-order valence-electron chi connectivity index (χ1n) is 30.6. The summed E-state index contributed by atoms with van der Waals surface area (Å²) in [6, 6.07) is 122. The summed E-state index contributed by atoms with van der Waals surface area (Å²) < 4.78 is 0. The van der Waals surface area contributed by atoms with E-state index in [0.717, 1.165) is 0 Å². The Morgan fingerprint density at radius 2 is 0.455 bits per heavy atom. The third-order valence-corrected chi connectivity index (χ3v) is 19.0. The number of benzene rings is 18. The maximum atomic E-state index is 2.45. The SMILES string of the molecule is c1ccc(-c2c3ccccc3c(-c3cccc4c3ccc3c(-c5ccc(-c6ccc7ccc8ccc(-c9c%10ccccc%10c(-c%10ccc%11ccccc%11c%10)c%10ccccc9%10)cc8c7c6)cc5)c5ccccc5c(-c5ccccc5)c34)c3ccccc23)cc1. The molecule has 0 aromatic heterocycles. The number of hydrogen-bond acceptors (Lipinski definition) is 0. The van der Waals surface area contributed by atoms with Crippen LogP contribution in [0.4, 0.5) is 0 Å². The molecule has 0 atom stereocenters. The average molecular weight is 1110 g/mol. The summed E-state index contributed by atoms with van der Waals surface area (Å²) in [7, 11) is 0. The van der Waals surface area contributed by atoms with Gasteiger partial charge >= 0.3 is 0 Å². The number of fused-ring (bicyclic) bond motifs is 12.